The van der Waals surface area contributed by atoms with Crippen LogP contribution in [0.2, 0.25) is 0 Å². The molecule has 4 N–H and O–H groups in total. The van der Waals surface area contributed by atoms with E-state index in [9.17, 15) is 28.4 Å². The average molecular weight is 1010 g/mol. The summed E-state index contributed by atoms with van der Waals surface area (Å²) in [6.45, 7) is 11.7. The topological polar surface area (TPSA) is 205 Å². The summed E-state index contributed by atoms with van der Waals surface area (Å²) < 4.78 is 49.3. The molecular weight excluding hydrogens is 945 g/mol. The number of thiophene rings is 1. The number of piperidine rings is 1. The van der Waals surface area contributed by atoms with Crippen LogP contribution in [0.15, 0.2) is 71.1 Å². The third-order valence-corrected chi connectivity index (χ3v) is 18.7. The Labute approximate surface area is 418 Å². The quantitative estimate of drug-likeness (QED) is 0.0683. The Kier molecular flexibility index (Phi) is 12.8. The number of rotatable bonds is 12. The number of anilines is 4. The van der Waals surface area contributed by atoms with Crippen LogP contribution < -0.4 is 24.6 Å². The second-order valence-corrected chi connectivity index (χ2v) is 24.0. The largest absolute Gasteiger partial charge is 0.470 e. The number of carbonyl (C=O) groups excluding carboxylic acids is 1. The fourth-order valence-electron chi connectivity index (χ4n) is 12.2. The van der Waals surface area contributed by atoms with Crippen molar-refractivity contribution in [1.29, 1.82) is 0 Å². The number of nitro groups is 1. The highest BCUT2D eigenvalue weighted by Crippen LogP contribution is 2.54. The SMILES string of the molecule is CC(C)c1ccsc1[C@@H]1COCCN1C1CC2(CCN(c3ccc(C(=O)NS(=O)(=O)c4ccc(NCC5CCC(C)(O)CC5)c([N+](=O)[O-])c4)c(N4c5cc6cc[nH]c6nc5O[C@@H]5CCOC[C@H]54)c3)CC2)C1. The summed E-state index contributed by atoms with van der Waals surface area (Å²) in [6, 6.07) is 15.8. The van der Waals surface area contributed by atoms with Gasteiger partial charge in [-0.25, -0.2) is 13.1 Å². The Balaban J connectivity index is 0.865. The number of hydrogen-bond donors (Lipinski definition) is 4. The van der Waals surface area contributed by atoms with E-state index in [0.717, 1.165) is 88.5 Å². The van der Waals surface area contributed by atoms with Gasteiger partial charge in [-0.1, -0.05) is 13.8 Å². The summed E-state index contributed by atoms with van der Waals surface area (Å²) in [7, 11) is -4.62. The number of morpholine rings is 1. The number of nitrogens with one attached hydrogen (secondary N) is 3. The summed E-state index contributed by atoms with van der Waals surface area (Å²) in [5, 5.41) is 29.0. The minimum Gasteiger partial charge on any atom is -0.470 e. The molecule has 0 radical (unpaired) electrons. The first-order chi connectivity index (χ1) is 34.1. The lowest BCUT2D eigenvalue weighted by atomic mass is 9.59. The number of aromatic nitrogens is 2. The number of benzene rings is 2. The van der Waals surface area contributed by atoms with Crippen molar-refractivity contribution in [3.63, 3.8) is 0 Å². The van der Waals surface area contributed by atoms with Gasteiger partial charge in [-0.3, -0.25) is 19.8 Å². The van der Waals surface area contributed by atoms with Gasteiger partial charge in [-0.2, -0.15) is 4.98 Å². The summed E-state index contributed by atoms with van der Waals surface area (Å²) in [6.07, 6.45) is 9.22. The van der Waals surface area contributed by atoms with Gasteiger partial charge in [0.1, 0.15) is 23.1 Å². The number of H-pyrrole nitrogens is 1. The van der Waals surface area contributed by atoms with Crippen molar-refractivity contribution in [1.82, 2.24) is 19.6 Å². The molecule has 3 aromatic heterocycles. The molecule has 0 bridgehead atoms. The molecule has 11 rings (SSSR count). The molecule has 1 amide bonds. The molecule has 1 spiro atoms. The van der Waals surface area contributed by atoms with Crippen LogP contribution >= 0.6 is 11.3 Å². The van der Waals surface area contributed by atoms with Gasteiger partial charge in [0.25, 0.3) is 21.6 Å². The normalized spacial score (nSPS) is 25.9. The zero-order valence-electron chi connectivity index (χ0n) is 40.6. The molecule has 4 aliphatic heterocycles. The maximum atomic E-state index is 14.7. The van der Waals surface area contributed by atoms with Crippen LogP contribution in [-0.4, -0.2) is 116 Å². The van der Waals surface area contributed by atoms with Crippen LogP contribution in [-0.2, 0) is 19.5 Å². The van der Waals surface area contributed by atoms with Crippen molar-refractivity contribution in [2.75, 3.05) is 67.7 Å². The van der Waals surface area contributed by atoms with Gasteiger partial charge in [-0.05, 0) is 135 Å². The highest BCUT2D eigenvalue weighted by Gasteiger charge is 2.50. The smallest absolute Gasteiger partial charge is 0.293 e. The molecule has 3 saturated heterocycles. The van der Waals surface area contributed by atoms with Gasteiger partial charge in [0.05, 0.1) is 65.2 Å². The summed E-state index contributed by atoms with van der Waals surface area (Å²) in [5.41, 5.74) is 3.48. The van der Waals surface area contributed by atoms with Crippen LogP contribution in [0.4, 0.5) is 28.4 Å². The lowest BCUT2D eigenvalue weighted by Gasteiger charge is -2.57. The van der Waals surface area contributed by atoms with E-state index in [-0.39, 0.29) is 40.8 Å². The molecule has 6 aliphatic rings. The predicted molar refractivity (Wildman–Crippen MR) is 273 cm³/mol. The van der Waals surface area contributed by atoms with Gasteiger partial charge in [-0.15, -0.1) is 11.3 Å². The van der Waals surface area contributed by atoms with Crippen LogP contribution in [0, 0.1) is 21.4 Å². The van der Waals surface area contributed by atoms with Crippen LogP contribution in [0.3, 0.4) is 0 Å². The maximum Gasteiger partial charge on any atom is 0.293 e. The van der Waals surface area contributed by atoms with E-state index in [0.29, 0.717) is 73.9 Å². The number of fused-ring (bicyclic) bond motifs is 3. The van der Waals surface area contributed by atoms with Gasteiger partial charge in [0, 0.05) is 66.9 Å². The Morgan fingerprint density at radius 2 is 1.77 bits per heavy atom. The fraction of sp³-hybridized carbons (Fsp3) is 0.538. The lowest BCUT2D eigenvalue weighted by molar-refractivity contribution is -0.384. The number of nitro benzene ring substituents is 1. The number of ether oxygens (including phenoxy) is 3. The maximum absolute atomic E-state index is 14.7. The average Bonchev–Trinajstić information content (AvgIpc) is 4.04. The molecule has 3 atom stereocenters. The lowest BCUT2D eigenvalue weighted by Crippen LogP contribution is -2.57. The molecule has 19 heteroatoms. The molecule has 17 nitrogen and oxygen atoms in total. The van der Waals surface area contributed by atoms with Crippen molar-refractivity contribution < 1.29 is 37.5 Å². The van der Waals surface area contributed by atoms with E-state index in [1.807, 2.05) is 53.6 Å². The van der Waals surface area contributed by atoms with Gasteiger partial charge in [0.2, 0.25) is 5.88 Å². The molecule has 2 aliphatic carbocycles. The van der Waals surface area contributed by atoms with Crippen molar-refractivity contribution in [2.45, 2.75) is 119 Å². The van der Waals surface area contributed by atoms with E-state index in [4.69, 9.17) is 19.2 Å². The van der Waals surface area contributed by atoms with Gasteiger partial charge >= 0.3 is 0 Å². The van der Waals surface area contributed by atoms with Gasteiger partial charge in [0.15, 0.2) is 0 Å². The Bertz CT molecular complexity index is 2910. The Morgan fingerprint density at radius 1 is 0.986 bits per heavy atom. The second-order valence-electron chi connectivity index (χ2n) is 21.4. The number of nitrogens with zero attached hydrogens (tertiary/aromatic N) is 5. The van der Waals surface area contributed by atoms with Crippen LogP contribution in [0.25, 0.3) is 11.0 Å². The summed E-state index contributed by atoms with van der Waals surface area (Å²) >= 11 is 1.86. The monoisotopic (exact) mass is 1010 g/mol. The number of aliphatic hydroxyl groups is 1. The third-order valence-electron chi connectivity index (χ3n) is 16.4. The zero-order chi connectivity index (χ0) is 49.2. The molecule has 71 heavy (non-hydrogen) atoms. The number of hydrogen-bond acceptors (Lipinski definition) is 15. The molecule has 2 saturated carbocycles. The number of pyridine rings is 1. The molecule has 7 heterocycles. The molecule has 5 fully saturated rings. The van der Waals surface area contributed by atoms with Crippen LogP contribution in [0.5, 0.6) is 5.88 Å². The second kappa shape index (κ2) is 18.9. The van der Waals surface area contributed by atoms with E-state index in [1.54, 1.807) is 6.07 Å². The first kappa shape index (κ1) is 48.0. The van der Waals surface area contributed by atoms with Crippen molar-refractivity contribution in [3.8, 4) is 5.88 Å². The number of sulfonamides is 1. The van der Waals surface area contributed by atoms with E-state index < -0.39 is 37.0 Å². The first-order valence-electron chi connectivity index (χ1n) is 25.3. The van der Waals surface area contributed by atoms with Crippen molar-refractivity contribution >= 4 is 66.7 Å². The van der Waals surface area contributed by atoms with E-state index in [2.05, 4.69) is 50.1 Å². The van der Waals surface area contributed by atoms with E-state index >= 15 is 0 Å². The minimum absolute atomic E-state index is 0.102. The van der Waals surface area contributed by atoms with Crippen molar-refractivity contribution in [2.24, 2.45) is 11.3 Å². The van der Waals surface area contributed by atoms with Crippen LogP contribution in [0.1, 0.15) is 111 Å². The minimum atomic E-state index is -4.62. The van der Waals surface area contributed by atoms with Crippen molar-refractivity contribution in [3.05, 3.63) is 92.3 Å². The first-order valence-corrected chi connectivity index (χ1v) is 27.6. The Morgan fingerprint density at radius 3 is 2.55 bits per heavy atom. The number of carbonyl (C=O) groups is 1. The van der Waals surface area contributed by atoms with E-state index in [1.165, 1.54) is 22.6 Å². The molecule has 0 unspecified atom stereocenters. The fourth-order valence-corrected chi connectivity index (χ4v) is 14.3. The molecule has 378 valence electrons. The number of aromatic amines is 1. The van der Waals surface area contributed by atoms with Gasteiger partial charge < -0.3 is 39.4 Å². The molecule has 2 aromatic carbocycles. The standard InChI is InChI=1S/C52H64N8O9S2/c1-32(2)38-12-23-70-47(38)45-31-68-22-20-58(45)36-27-52(28-36)15-18-57(19-16-52)35-4-6-39(41(25-35)59-43-24-34-10-17-53-48(34)55-50(43)69-46-11-21-67-30-44(46)59)49(61)56-71(65,66)37-5-7-40(42(26-37)60(63)64)54-29-33-8-13-51(3,62)14-9-33/h4-7,10,12,17,23-26,32-33,36,44-46,54,62H,8-9,11,13-16,18-22,27-31H2,1-3H3,(H,53,55)(H,56,61)/t33?,44-,45+,46-,51?/m1/s1. The highest BCUT2D eigenvalue weighted by molar-refractivity contribution is 7.90. The molecule has 5 aromatic rings. The molecular formula is C52H64N8O9S2. The zero-order valence-corrected chi connectivity index (χ0v) is 42.2. The predicted octanol–water partition coefficient (Wildman–Crippen LogP) is 8.64. The summed E-state index contributed by atoms with van der Waals surface area (Å²) in [4.78, 5) is 42.6. The third kappa shape index (κ3) is 9.37. The Hall–Kier alpha value is -5.31. The summed E-state index contributed by atoms with van der Waals surface area (Å²) in [5.74, 6) is 0.171. The number of amides is 1. The highest BCUT2D eigenvalue weighted by atomic mass is 32.2.